The van der Waals surface area contributed by atoms with Gasteiger partial charge in [-0.25, -0.2) is 0 Å². The molecule has 1 aromatic carbocycles. The Labute approximate surface area is 123 Å². The van der Waals surface area contributed by atoms with Gasteiger partial charge in [-0.2, -0.15) is 4.98 Å². The van der Waals surface area contributed by atoms with E-state index >= 15 is 0 Å². The summed E-state index contributed by atoms with van der Waals surface area (Å²) in [5.41, 5.74) is 6.98. The van der Waals surface area contributed by atoms with Crippen LogP contribution in [0.2, 0.25) is 5.02 Å². The Morgan fingerprint density at radius 1 is 1.40 bits per heavy atom. The van der Waals surface area contributed by atoms with E-state index in [1.165, 1.54) is 0 Å². The Morgan fingerprint density at radius 3 is 2.80 bits per heavy atom. The lowest BCUT2D eigenvalue weighted by atomic mass is 10.1. The number of hydrogen-bond donors (Lipinski definition) is 1. The average molecular weight is 296 g/mol. The molecule has 0 amide bonds. The van der Waals surface area contributed by atoms with E-state index in [4.69, 9.17) is 26.6 Å². The number of ether oxygens (including phenoxy) is 1. The van der Waals surface area contributed by atoms with Gasteiger partial charge < -0.3 is 15.0 Å². The highest BCUT2D eigenvalue weighted by atomic mass is 35.5. The summed E-state index contributed by atoms with van der Waals surface area (Å²) in [7, 11) is 0. The maximum absolute atomic E-state index is 6.13. The van der Waals surface area contributed by atoms with E-state index in [2.05, 4.69) is 10.1 Å². The molecule has 0 radical (unpaired) electrons. The molecule has 2 N–H and O–H groups in total. The molecule has 6 heteroatoms. The van der Waals surface area contributed by atoms with Gasteiger partial charge in [-0.1, -0.05) is 30.6 Å². The van der Waals surface area contributed by atoms with Gasteiger partial charge in [0.25, 0.3) is 5.89 Å². The van der Waals surface area contributed by atoms with Gasteiger partial charge in [0.15, 0.2) is 0 Å². The first kappa shape index (κ1) is 14.8. The minimum absolute atomic E-state index is 0.197. The topological polar surface area (TPSA) is 74.2 Å². The second-order valence-corrected chi connectivity index (χ2v) is 5.22. The van der Waals surface area contributed by atoms with E-state index in [9.17, 15) is 0 Å². The second kappa shape index (κ2) is 6.24. The van der Waals surface area contributed by atoms with Gasteiger partial charge in [-0.15, -0.1) is 0 Å². The Balaban J connectivity index is 2.34. The van der Waals surface area contributed by atoms with E-state index in [1.807, 2.05) is 20.8 Å². The van der Waals surface area contributed by atoms with Gasteiger partial charge in [0.1, 0.15) is 6.10 Å². The molecule has 1 unspecified atom stereocenters. The summed E-state index contributed by atoms with van der Waals surface area (Å²) in [4.78, 5) is 4.38. The molecule has 1 aromatic heterocycles. The van der Waals surface area contributed by atoms with Crippen molar-refractivity contribution in [2.24, 2.45) is 5.92 Å². The molecule has 5 nitrogen and oxygen atoms in total. The van der Waals surface area contributed by atoms with Crippen LogP contribution < -0.4 is 5.73 Å². The van der Waals surface area contributed by atoms with Crippen LogP contribution in [0.5, 0.6) is 0 Å². The predicted molar refractivity (Wildman–Crippen MR) is 78.4 cm³/mol. The first-order chi connectivity index (χ1) is 9.52. The lowest BCUT2D eigenvalue weighted by molar-refractivity contribution is 0.0217. The summed E-state index contributed by atoms with van der Waals surface area (Å²) in [5, 5.41) is 4.51. The smallest absolute Gasteiger partial charge is 0.259 e. The highest BCUT2D eigenvalue weighted by Gasteiger charge is 2.23. The van der Waals surface area contributed by atoms with E-state index in [1.54, 1.807) is 18.2 Å². The van der Waals surface area contributed by atoms with Crippen molar-refractivity contribution >= 4 is 17.3 Å². The summed E-state index contributed by atoms with van der Waals surface area (Å²) in [5.74, 6) is 1.12. The molecular formula is C14H18ClN3O2. The molecule has 108 valence electrons. The lowest BCUT2D eigenvalue weighted by Crippen LogP contribution is -2.12. The van der Waals surface area contributed by atoms with E-state index in [0.29, 0.717) is 34.6 Å². The van der Waals surface area contributed by atoms with Crippen molar-refractivity contribution < 1.29 is 9.26 Å². The number of aromatic nitrogens is 2. The molecule has 1 heterocycles. The summed E-state index contributed by atoms with van der Waals surface area (Å²) in [6, 6.07) is 5.14. The van der Waals surface area contributed by atoms with Gasteiger partial charge in [0.2, 0.25) is 5.82 Å². The fourth-order valence-electron chi connectivity index (χ4n) is 1.91. The van der Waals surface area contributed by atoms with Crippen molar-refractivity contribution in [1.82, 2.24) is 10.1 Å². The number of hydrogen-bond acceptors (Lipinski definition) is 5. The molecule has 2 aromatic rings. The number of nitrogens with zero attached hydrogens (tertiary/aromatic N) is 2. The first-order valence-electron chi connectivity index (χ1n) is 6.53. The molecule has 0 aliphatic heterocycles. The van der Waals surface area contributed by atoms with Crippen molar-refractivity contribution in [2.45, 2.75) is 26.9 Å². The Kier molecular flexibility index (Phi) is 4.62. The number of benzene rings is 1. The van der Waals surface area contributed by atoms with Crippen LogP contribution >= 0.6 is 11.6 Å². The molecule has 0 aliphatic carbocycles. The first-order valence-corrected chi connectivity index (χ1v) is 6.91. The Hall–Kier alpha value is -1.59. The van der Waals surface area contributed by atoms with Crippen molar-refractivity contribution in [2.75, 3.05) is 12.3 Å². The van der Waals surface area contributed by atoms with Gasteiger partial charge in [0.05, 0.1) is 10.6 Å². The van der Waals surface area contributed by atoms with Crippen LogP contribution in [-0.4, -0.2) is 16.7 Å². The number of anilines is 1. The van der Waals surface area contributed by atoms with E-state index < -0.39 is 0 Å². The second-order valence-electron chi connectivity index (χ2n) is 4.82. The summed E-state index contributed by atoms with van der Waals surface area (Å²) in [6.45, 7) is 6.62. The molecule has 1 atom stereocenters. The standard InChI is InChI=1S/C14H18ClN3O2/c1-4-19-12(8(2)3)13-17-14(20-18-13)10-7-9(16)5-6-11(10)15/h5-8,12H,4,16H2,1-3H3. The Bertz CT molecular complexity index is 584. The monoisotopic (exact) mass is 295 g/mol. The number of rotatable bonds is 5. The fraction of sp³-hybridized carbons (Fsp3) is 0.429. The van der Waals surface area contributed by atoms with Crippen molar-refractivity contribution in [1.29, 1.82) is 0 Å². The Morgan fingerprint density at radius 2 is 2.15 bits per heavy atom. The zero-order valence-corrected chi connectivity index (χ0v) is 12.5. The summed E-state index contributed by atoms with van der Waals surface area (Å²) < 4.78 is 10.9. The number of nitrogens with two attached hydrogens (primary N) is 1. The van der Waals surface area contributed by atoms with E-state index in [-0.39, 0.29) is 12.0 Å². The molecule has 0 aliphatic rings. The molecule has 0 saturated heterocycles. The summed E-state index contributed by atoms with van der Waals surface area (Å²) >= 11 is 6.13. The molecular weight excluding hydrogens is 278 g/mol. The SMILES string of the molecule is CCOC(c1noc(-c2cc(N)ccc2Cl)n1)C(C)C. The van der Waals surface area contributed by atoms with Crippen LogP contribution in [-0.2, 0) is 4.74 Å². The minimum Gasteiger partial charge on any atom is -0.399 e. The largest absolute Gasteiger partial charge is 0.399 e. The minimum atomic E-state index is -0.197. The molecule has 0 bridgehead atoms. The summed E-state index contributed by atoms with van der Waals surface area (Å²) in [6.07, 6.45) is -0.197. The van der Waals surface area contributed by atoms with Crippen LogP contribution in [0.15, 0.2) is 22.7 Å². The molecule has 20 heavy (non-hydrogen) atoms. The lowest BCUT2D eigenvalue weighted by Gasteiger charge is -2.16. The van der Waals surface area contributed by atoms with Gasteiger partial charge in [-0.3, -0.25) is 0 Å². The third kappa shape index (κ3) is 3.11. The van der Waals surface area contributed by atoms with Crippen LogP contribution in [0.3, 0.4) is 0 Å². The van der Waals surface area contributed by atoms with Gasteiger partial charge in [-0.05, 0) is 31.0 Å². The maximum atomic E-state index is 6.13. The molecule has 0 saturated carbocycles. The average Bonchev–Trinajstić information content (AvgIpc) is 2.87. The maximum Gasteiger partial charge on any atom is 0.259 e. The number of halogens is 1. The quantitative estimate of drug-likeness (QED) is 0.851. The third-order valence-electron chi connectivity index (χ3n) is 2.87. The van der Waals surface area contributed by atoms with Crippen molar-refractivity contribution in [3.63, 3.8) is 0 Å². The highest BCUT2D eigenvalue weighted by molar-refractivity contribution is 6.33. The van der Waals surface area contributed by atoms with Gasteiger partial charge in [0, 0.05) is 12.3 Å². The zero-order valence-electron chi connectivity index (χ0n) is 11.8. The van der Waals surface area contributed by atoms with Crippen molar-refractivity contribution in [3.8, 4) is 11.5 Å². The number of nitrogen functional groups attached to an aromatic ring is 1. The molecule has 0 spiro atoms. The van der Waals surface area contributed by atoms with Crippen LogP contribution in [0.25, 0.3) is 11.5 Å². The van der Waals surface area contributed by atoms with E-state index in [0.717, 1.165) is 0 Å². The van der Waals surface area contributed by atoms with Gasteiger partial charge >= 0.3 is 0 Å². The van der Waals surface area contributed by atoms with Crippen molar-refractivity contribution in [3.05, 3.63) is 29.0 Å². The normalized spacial score (nSPS) is 12.8. The fourth-order valence-corrected chi connectivity index (χ4v) is 2.11. The predicted octanol–water partition coefficient (Wildman–Crippen LogP) is 3.71. The third-order valence-corrected chi connectivity index (χ3v) is 3.20. The van der Waals surface area contributed by atoms with Crippen LogP contribution in [0.4, 0.5) is 5.69 Å². The molecule has 2 rings (SSSR count). The highest BCUT2D eigenvalue weighted by Crippen LogP contribution is 2.31. The zero-order chi connectivity index (χ0) is 14.7. The van der Waals surface area contributed by atoms with Crippen LogP contribution in [0, 0.1) is 5.92 Å². The molecule has 0 fully saturated rings. The van der Waals surface area contributed by atoms with Crippen LogP contribution in [0.1, 0.15) is 32.7 Å².